The van der Waals surface area contributed by atoms with E-state index in [2.05, 4.69) is 0 Å². The first-order valence-corrected chi connectivity index (χ1v) is 9.05. The third-order valence-electron chi connectivity index (χ3n) is 4.65. The van der Waals surface area contributed by atoms with Crippen LogP contribution in [0.2, 0.25) is 0 Å². The van der Waals surface area contributed by atoms with Crippen molar-refractivity contribution in [2.24, 2.45) is 0 Å². The molecule has 1 saturated heterocycles. The lowest BCUT2D eigenvalue weighted by Crippen LogP contribution is -2.46. The van der Waals surface area contributed by atoms with Gasteiger partial charge in [-0.05, 0) is 31.2 Å². The van der Waals surface area contributed by atoms with Crippen LogP contribution in [0.25, 0.3) is 0 Å². The number of likely N-dealkylation sites (tertiary alicyclic amines) is 1. The van der Waals surface area contributed by atoms with Gasteiger partial charge < -0.3 is 14.5 Å². The Bertz CT molecular complexity index is 577. The predicted molar refractivity (Wildman–Crippen MR) is 91.8 cm³/mol. The summed E-state index contributed by atoms with van der Waals surface area (Å²) in [6.07, 6.45) is 3.61. The van der Waals surface area contributed by atoms with Gasteiger partial charge >= 0.3 is 6.09 Å². The van der Waals surface area contributed by atoms with E-state index >= 15 is 0 Å². The van der Waals surface area contributed by atoms with Gasteiger partial charge in [0.15, 0.2) is 0 Å². The normalized spacial score (nSPS) is 20.0. The van der Waals surface area contributed by atoms with E-state index in [9.17, 15) is 9.59 Å². The molecule has 0 spiro atoms. The van der Waals surface area contributed by atoms with Crippen LogP contribution in [-0.2, 0) is 16.1 Å². The van der Waals surface area contributed by atoms with Crippen molar-refractivity contribution in [3.05, 3.63) is 35.9 Å². The Kier molecular flexibility index (Phi) is 5.61. The molecule has 0 bridgehead atoms. The van der Waals surface area contributed by atoms with E-state index in [-0.39, 0.29) is 36.6 Å². The molecule has 0 radical (unpaired) electrons. The Morgan fingerprint density at radius 1 is 1.21 bits per heavy atom. The molecule has 3 rings (SSSR count). The van der Waals surface area contributed by atoms with Crippen molar-refractivity contribution in [3.8, 4) is 0 Å². The summed E-state index contributed by atoms with van der Waals surface area (Å²) in [4.78, 5) is 28.0. The molecule has 1 aromatic rings. The molecule has 1 aliphatic carbocycles. The van der Waals surface area contributed by atoms with Crippen molar-refractivity contribution in [2.75, 3.05) is 19.0 Å². The SMILES string of the molecule is O=C(OCc1ccccc1)N(C[C@H]1CCCN1C(=O)CCl)C1CC1. The minimum atomic E-state index is -0.286. The first-order valence-electron chi connectivity index (χ1n) is 8.52. The number of carbonyl (C=O) groups excluding carboxylic acids is 2. The highest BCUT2D eigenvalue weighted by atomic mass is 35.5. The zero-order valence-corrected chi connectivity index (χ0v) is 14.5. The van der Waals surface area contributed by atoms with Gasteiger partial charge in [0.2, 0.25) is 5.91 Å². The molecule has 1 saturated carbocycles. The van der Waals surface area contributed by atoms with Gasteiger partial charge in [0.1, 0.15) is 12.5 Å². The Balaban J connectivity index is 1.58. The molecule has 1 aromatic carbocycles. The Hall–Kier alpha value is -1.75. The summed E-state index contributed by atoms with van der Waals surface area (Å²) in [5, 5.41) is 0. The van der Waals surface area contributed by atoms with E-state index in [1.165, 1.54) is 0 Å². The number of benzene rings is 1. The van der Waals surface area contributed by atoms with Crippen molar-refractivity contribution in [3.63, 3.8) is 0 Å². The number of nitrogens with zero attached hydrogens (tertiary/aromatic N) is 2. The van der Waals surface area contributed by atoms with E-state index in [4.69, 9.17) is 16.3 Å². The molecular weight excluding hydrogens is 328 g/mol. The monoisotopic (exact) mass is 350 g/mol. The van der Waals surface area contributed by atoms with Crippen LogP contribution in [-0.4, -0.2) is 52.9 Å². The molecule has 2 amide bonds. The minimum Gasteiger partial charge on any atom is -0.445 e. The molecule has 0 unspecified atom stereocenters. The fourth-order valence-electron chi connectivity index (χ4n) is 3.22. The maximum Gasteiger partial charge on any atom is 0.410 e. The van der Waals surface area contributed by atoms with Crippen molar-refractivity contribution in [2.45, 2.75) is 44.4 Å². The maximum absolute atomic E-state index is 12.5. The zero-order chi connectivity index (χ0) is 16.9. The highest BCUT2D eigenvalue weighted by Crippen LogP contribution is 2.30. The quantitative estimate of drug-likeness (QED) is 0.741. The van der Waals surface area contributed by atoms with E-state index in [1.807, 2.05) is 35.2 Å². The molecule has 6 heteroatoms. The summed E-state index contributed by atoms with van der Waals surface area (Å²) in [5.41, 5.74) is 0.974. The summed E-state index contributed by atoms with van der Waals surface area (Å²) >= 11 is 5.69. The van der Waals surface area contributed by atoms with Crippen molar-refractivity contribution >= 4 is 23.6 Å². The largest absolute Gasteiger partial charge is 0.445 e. The van der Waals surface area contributed by atoms with Gasteiger partial charge in [-0.1, -0.05) is 30.3 Å². The topological polar surface area (TPSA) is 49.9 Å². The van der Waals surface area contributed by atoms with Crippen LogP contribution in [0.3, 0.4) is 0 Å². The molecule has 2 aliphatic rings. The second-order valence-electron chi connectivity index (χ2n) is 6.44. The van der Waals surface area contributed by atoms with Gasteiger partial charge in [0, 0.05) is 25.2 Å². The van der Waals surface area contributed by atoms with Crippen LogP contribution in [0.15, 0.2) is 30.3 Å². The van der Waals surface area contributed by atoms with Gasteiger partial charge in [0.25, 0.3) is 0 Å². The molecule has 24 heavy (non-hydrogen) atoms. The van der Waals surface area contributed by atoms with Crippen LogP contribution in [0.4, 0.5) is 4.79 Å². The van der Waals surface area contributed by atoms with E-state index < -0.39 is 0 Å². The van der Waals surface area contributed by atoms with Crippen molar-refractivity contribution in [1.29, 1.82) is 0 Å². The molecule has 0 N–H and O–H groups in total. The number of carbonyl (C=O) groups is 2. The van der Waals surface area contributed by atoms with Crippen LogP contribution < -0.4 is 0 Å². The molecule has 0 aromatic heterocycles. The molecule has 5 nitrogen and oxygen atoms in total. The third kappa shape index (κ3) is 4.20. The average molecular weight is 351 g/mol. The fraction of sp³-hybridized carbons (Fsp3) is 0.556. The molecule has 1 heterocycles. The van der Waals surface area contributed by atoms with Gasteiger partial charge in [0.05, 0.1) is 0 Å². The maximum atomic E-state index is 12.5. The van der Waals surface area contributed by atoms with Crippen LogP contribution in [0.5, 0.6) is 0 Å². The number of ether oxygens (including phenoxy) is 1. The molecular formula is C18H23ClN2O3. The van der Waals surface area contributed by atoms with E-state index in [0.717, 1.165) is 37.8 Å². The molecule has 1 aliphatic heterocycles. The standard InChI is InChI=1S/C18H23ClN2O3/c19-11-17(22)20-10-4-7-16(20)12-21(15-8-9-15)18(23)24-13-14-5-2-1-3-6-14/h1-3,5-6,15-16H,4,7-13H2/t16-/m1/s1. The summed E-state index contributed by atoms with van der Waals surface area (Å²) in [7, 11) is 0. The summed E-state index contributed by atoms with van der Waals surface area (Å²) in [6, 6.07) is 9.97. The van der Waals surface area contributed by atoms with Gasteiger partial charge in [-0.15, -0.1) is 11.6 Å². The Labute approximate surface area is 147 Å². The lowest BCUT2D eigenvalue weighted by Gasteiger charge is -2.30. The molecule has 130 valence electrons. The number of halogens is 1. The first-order chi connectivity index (χ1) is 11.7. The average Bonchev–Trinajstić information content (AvgIpc) is 3.35. The smallest absolute Gasteiger partial charge is 0.410 e. The summed E-state index contributed by atoms with van der Waals surface area (Å²) in [5.74, 6) is -0.0502. The van der Waals surface area contributed by atoms with Gasteiger partial charge in [-0.3, -0.25) is 4.79 Å². The molecule has 1 atom stereocenters. The van der Waals surface area contributed by atoms with Crippen LogP contribution in [0.1, 0.15) is 31.2 Å². The first kappa shape index (κ1) is 17.1. The minimum absolute atomic E-state index is 0.00160. The highest BCUT2D eigenvalue weighted by molar-refractivity contribution is 6.27. The van der Waals surface area contributed by atoms with Crippen LogP contribution >= 0.6 is 11.6 Å². The number of rotatable bonds is 6. The predicted octanol–water partition coefficient (Wildman–Crippen LogP) is 3.02. The van der Waals surface area contributed by atoms with E-state index in [1.54, 1.807) is 4.90 Å². The van der Waals surface area contributed by atoms with Crippen LogP contribution in [0, 0.1) is 0 Å². The molecule has 2 fully saturated rings. The Morgan fingerprint density at radius 3 is 2.62 bits per heavy atom. The van der Waals surface area contributed by atoms with Crippen molar-refractivity contribution in [1.82, 2.24) is 9.80 Å². The second kappa shape index (κ2) is 7.88. The van der Waals surface area contributed by atoms with Crippen molar-refractivity contribution < 1.29 is 14.3 Å². The highest BCUT2D eigenvalue weighted by Gasteiger charge is 2.38. The van der Waals surface area contributed by atoms with E-state index in [0.29, 0.717) is 6.54 Å². The number of hydrogen-bond donors (Lipinski definition) is 0. The second-order valence-corrected chi connectivity index (χ2v) is 6.71. The lowest BCUT2D eigenvalue weighted by atomic mass is 10.2. The Morgan fingerprint density at radius 2 is 1.96 bits per heavy atom. The lowest BCUT2D eigenvalue weighted by molar-refractivity contribution is -0.129. The van der Waals surface area contributed by atoms with Gasteiger partial charge in [-0.2, -0.15) is 0 Å². The fourth-order valence-corrected chi connectivity index (χ4v) is 3.37. The number of hydrogen-bond acceptors (Lipinski definition) is 3. The summed E-state index contributed by atoms with van der Waals surface area (Å²) < 4.78 is 5.48. The number of amides is 2. The van der Waals surface area contributed by atoms with Gasteiger partial charge in [-0.25, -0.2) is 4.79 Å². The zero-order valence-electron chi connectivity index (χ0n) is 13.7. The summed E-state index contributed by atoms with van der Waals surface area (Å²) in [6.45, 7) is 1.55. The third-order valence-corrected chi connectivity index (χ3v) is 4.88. The number of alkyl halides is 1.